The van der Waals surface area contributed by atoms with Gasteiger partial charge in [-0.15, -0.1) is 0 Å². The van der Waals surface area contributed by atoms with E-state index >= 15 is 0 Å². The van der Waals surface area contributed by atoms with Crippen molar-refractivity contribution in [1.29, 1.82) is 0 Å². The van der Waals surface area contributed by atoms with Crippen LogP contribution < -0.4 is 23.8 Å². The monoisotopic (exact) mass is 611 g/mol. The molecule has 0 saturated heterocycles. The smallest absolute Gasteiger partial charge is 0.244 e. The number of ether oxygens (including phenoxy) is 3. The van der Waals surface area contributed by atoms with Gasteiger partial charge in [-0.05, 0) is 41.8 Å². The third-order valence-corrected chi connectivity index (χ3v) is 8.05. The first-order chi connectivity index (χ1) is 20.6. The van der Waals surface area contributed by atoms with Crippen LogP contribution in [0, 0.1) is 0 Å². The molecule has 0 saturated carbocycles. The second-order valence-electron chi connectivity index (χ2n) is 10.0. The van der Waals surface area contributed by atoms with Crippen molar-refractivity contribution in [2.75, 3.05) is 45.0 Å². The van der Waals surface area contributed by atoms with Crippen LogP contribution >= 0.6 is 0 Å². The maximum absolute atomic E-state index is 14.3. The zero-order valence-corrected chi connectivity index (χ0v) is 26.2. The normalized spacial score (nSPS) is 11.7. The van der Waals surface area contributed by atoms with Crippen molar-refractivity contribution in [2.24, 2.45) is 0 Å². The van der Waals surface area contributed by atoms with Gasteiger partial charge in [-0.2, -0.15) is 0 Å². The summed E-state index contributed by atoms with van der Waals surface area (Å²) >= 11 is 0. The molecule has 0 aromatic heterocycles. The quantitative estimate of drug-likeness (QED) is 0.243. The molecular weight excluding hydrogens is 570 g/mol. The molecule has 232 valence electrons. The van der Waals surface area contributed by atoms with Gasteiger partial charge in [0.05, 0.1) is 33.3 Å². The van der Waals surface area contributed by atoms with E-state index in [-0.39, 0.29) is 30.3 Å². The Morgan fingerprint density at radius 3 is 2.16 bits per heavy atom. The van der Waals surface area contributed by atoms with Crippen LogP contribution in [0.4, 0.5) is 5.69 Å². The van der Waals surface area contributed by atoms with Crippen LogP contribution in [0.2, 0.25) is 0 Å². The molecule has 0 aliphatic carbocycles. The summed E-state index contributed by atoms with van der Waals surface area (Å²) in [6.07, 6.45) is 2.93. The summed E-state index contributed by atoms with van der Waals surface area (Å²) in [4.78, 5) is 29.4. The summed E-state index contributed by atoms with van der Waals surface area (Å²) in [5.74, 6) is 0.401. The SMILES string of the molecule is CCCCNC(=O)[C@@H](Cc1ccccc1)N(Cc1cccc(OC)c1)C(=O)CN(c1ccc(OC)cc1OC)S(C)(=O)=O. The van der Waals surface area contributed by atoms with Gasteiger partial charge in [0.15, 0.2) is 0 Å². The molecule has 3 aromatic rings. The molecule has 0 heterocycles. The predicted molar refractivity (Wildman–Crippen MR) is 167 cm³/mol. The molecule has 3 aromatic carbocycles. The first-order valence-electron chi connectivity index (χ1n) is 14.0. The van der Waals surface area contributed by atoms with Gasteiger partial charge in [0.25, 0.3) is 0 Å². The topological polar surface area (TPSA) is 114 Å². The Balaban J connectivity index is 2.09. The summed E-state index contributed by atoms with van der Waals surface area (Å²) in [7, 11) is 0.485. The molecule has 0 bridgehead atoms. The molecule has 2 amide bonds. The Labute approximate surface area is 254 Å². The number of amides is 2. The van der Waals surface area contributed by atoms with Crippen LogP contribution in [0.1, 0.15) is 30.9 Å². The Hall–Kier alpha value is -4.25. The van der Waals surface area contributed by atoms with E-state index in [4.69, 9.17) is 14.2 Å². The van der Waals surface area contributed by atoms with E-state index in [9.17, 15) is 18.0 Å². The zero-order valence-electron chi connectivity index (χ0n) is 25.4. The first-order valence-corrected chi connectivity index (χ1v) is 15.9. The number of nitrogens with zero attached hydrogens (tertiary/aromatic N) is 2. The van der Waals surface area contributed by atoms with E-state index in [0.29, 0.717) is 18.0 Å². The van der Waals surface area contributed by atoms with E-state index in [0.717, 1.165) is 34.5 Å². The van der Waals surface area contributed by atoms with Crippen molar-refractivity contribution in [3.8, 4) is 17.2 Å². The first kappa shape index (κ1) is 33.3. The average Bonchev–Trinajstić information content (AvgIpc) is 3.01. The average molecular weight is 612 g/mol. The minimum Gasteiger partial charge on any atom is -0.497 e. The molecule has 43 heavy (non-hydrogen) atoms. The standard InChI is InChI=1S/C32H41N3O7S/c1-6-7-18-33-32(37)29(20-24-12-9-8-10-13-24)34(22-25-14-11-15-26(19-25)40-2)31(36)23-35(43(5,38)39)28-17-16-27(41-3)21-30(28)42-4/h8-17,19,21,29H,6-7,18,20,22-23H2,1-5H3,(H,33,37)/t29-/m1/s1. The second-order valence-corrected chi connectivity index (χ2v) is 11.9. The van der Waals surface area contributed by atoms with E-state index in [2.05, 4.69) is 5.32 Å². The van der Waals surface area contributed by atoms with E-state index in [1.165, 1.54) is 25.2 Å². The molecular formula is C32H41N3O7S. The lowest BCUT2D eigenvalue weighted by Crippen LogP contribution is -2.53. The number of nitrogens with one attached hydrogen (secondary N) is 1. The number of rotatable bonds is 16. The number of hydrogen-bond acceptors (Lipinski definition) is 7. The number of carbonyl (C=O) groups is 2. The lowest BCUT2D eigenvalue weighted by molar-refractivity contribution is -0.140. The third kappa shape index (κ3) is 9.37. The second kappa shape index (κ2) is 15.8. The number of benzene rings is 3. The minimum atomic E-state index is -3.96. The number of hydrogen-bond donors (Lipinski definition) is 1. The van der Waals surface area contributed by atoms with Gasteiger partial charge in [-0.25, -0.2) is 8.42 Å². The van der Waals surface area contributed by atoms with E-state index in [1.807, 2.05) is 43.3 Å². The Morgan fingerprint density at radius 2 is 1.53 bits per heavy atom. The van der Waals surface area contributed by atoms with Crippen molar-refractivity contribution in [2.45, 2.75) is 38.8 Å². The van der Waals surface area contributed by atoms with Crippen molar-refractivity contribution in [3.63, 3.8) is 0 Å². The number of sulfonamides is 1. The van der Waals surface area contributed by atoms with Gasteiger partial charge < -0.3 is 24.4 Å². The van der Waals surface area contributed by atoms with Crippen LogP contribution in [0.3, 0.4) is 0 Å². The summed E-state index contributed by atoms with van der Waals surface area (Å²) < 4.78 is 43.3. The van der Waals surface area contributed by atoms with Crippen LogP contribution in [0.5, 0.6) is 17.2 Å². The zero-order chi connectivity index (χ0) is 31.4. The minimum absolute atomic E-state index is 0.0477. The Kier molecular flexibility index (Phi) is 12.2. The lowest BCUT2D eigenvalue weighted by atomic mass is 10.0. The maximum atomic E-state index is 14.3. The third-order valence-electron chi connectivity index (χ3n) is 6.92. The molecule has 0 aliphatic rings. The number of unbranched alkanes of at least 4 members (excludes halogenated alkanes) is 1. The largest absolute Gasteiger partial charge is 0.497 e. The Bertz CT molecular complexity index is 1460. The highest BCUT2D eigenvalue weighted by atomic mass is 32.2. The maximum Gasteiger partial charge on any atom is 0.244 e. The van der Waals surface area contributed by atoms with Crippen molar-refractivity contribution < 1.29 is 32.2 Å². The fourth-order valence-electron chi connectivity index (χ4n) is 4.61. The van der Waals surface area contributed by atoms with Gasteiger partial charge in [0.2, 0.25) is 21.8 Å². The van der Waals surface area contributed by atoms with E-state index < -0.39 is 28.5 Å². The van der Waals surface area contributed by atoms with Crippen molar-refractivity contribution >= 4 is 27.5 Å². The summed E-state index contributed by atoms with van der Waals surface area (Å²) in [6.45, 7) is 1.98. The molecule has 11 heteroatoms. The van der Waals surface area contributed by atoms with Gasteiger partial charge in [0, 0.05) is 25.6 Å². The van der Waals surface area contributed by atoms with Crippen LogP contribution in [-0.4, -0.2) is 71.8 Å². The number of anilines is 1. The predicted octanol–water partition coefficient (Wildman–Crippen LogP) is 4.03. The number of methoxy groups -OCH3 is 3. The molecule has 0 spiro atoms. The fourth-order valence-corrected chi connectivity index (χ4v) is 5.47. The van der Waals surface area contributed by atoms with Crippen molar-refractivity contribution in [1.82, 2.24) is 10.2 Å². The molecule has 0 radical (unpaired) electrons. The van der Waals surface area contributed by atoms with Crippen LogP contribution in [0.15, 0.2) is 72.8 Å². The molecule has 3 rings (SSSR count). The van der Waals surface area contributed by atoms with Crippen molar-refractivity contribution in [3.05, 3.63) is 83.9 Å². The highest BCUT2D eigenvalue weighted by molar-refractivity contribution is 7.92. The molecule has 1 atom stereocenters. The highest BCUT2D eigenvalue weighted by Crippen LogP contribution is 2.34. The highest BCUT2D eigenvalue weighted by Gasteiger charge is 2.33. The summed E-state index contributed by atoms with van der Waals surface area (Å²) in [5.41, 5.74) is 1.76. The van der Waals surface area contributed by atoms with Gasteiger partial charge >= 0.3 is 0 Å². The van der Waals surface area contributed by atoms with Crippen LogP contribution in [-0.2, 0) is 32.6 Å². The summed E-state index contributed by atoms with van der Waals surface area (Å²) in [5, 5.41) is 2.97. The lowest BCUT2D eigenvalue weighted by Gasteiger charge is -2.33. The number of carbonyl (C=O) groups excluding carboxylic acids is 2. The Morgan fingerprint density at radius 1 is 0.860 bits per heavy atom. The van der Waals surface area contributed by atoms with Crippen LogP contribution in [0.25, 0.3) is 0 Å². The van der Waals surface area contributed by atoms with Gasteiger partial charge in [-0.1, -0.05) is 55.8 Å². The molecule has 1 N–H and O–H groups in total. The molecule has 10 nitrogen and oxygen atoms in total. The van der Waals surface area contributed by atoms with Gasteiger partial charge in [0.1, 0.15) is 29.8 Å². The summed E-state index contributed by atoms with van der Waals surface area (Å²) in [6, 6.07) is 20.4. The fraction of sp³-hybridized carbons (Fsp3) is 0.375. The van der Waals surface area contributed by atoms with Gasteiger partial charge in [-0.3, -0.25) is 13.9 Å². The molecule has 0 fully saturated rings. The van der Waals surface area contributed by atoms with E-state index in [1.54, 1.807) is 37.4 Å². The molecule has 0 unspecified atom stereocenters. The molecule has 0 aliphatic heterocycles.